The van der Waals surface area contributed by atoms with Crippen LogP contribution in [-0.2, 0) is 11.2 Å². The van der Waals surface area contributed by atoms with Crippen LogP contribution in [-0.4, -0.2) is 30.0 Å². The first kappa shape index (κ1) is 14.4. The van der Waals surface area contributed by atoms with Gasteiger partial charge in [0.15, 0.2) is 0 Å². The van der Waals surface area contributed by atoms with E-state index < -0.39 is 5.97 Å². The molecule has 18 heavy (non-hydrogen) atoms. The molecule has 6 nitrogen and oxygen atoms in total. The molecule has 0 atom stereocenters. The van der Waals surface area contributed by atoms with Gasteiger partial charge in [0, 0.05) is 7.05 Å². The average Bonchev–Trinajstić information content (AvgIpc) is 2.72. The molecule has 2 amide bonds. The number of nitrogens with zero attached hydrogens (tertiary/aromatic N) is 1. The van der Waals surface area contributed by atoms with Gasteiger partial charge in [-0.2, -0.15) is 4.37 Å². The molecule has 0 aliphatic heterocycles. The van der Waals surface area contributed by atoms with Crippen molar-refractivity contribution in [2.75, 3.05) is 19.0 Å². The third kappa shape index (κ3) is 3.43. The third-order valence-electron chi connectivity index (χ3n) is 2.18. The molecule has 1 heterocycles. The Bertz CT molecular complexity index is 431. The summed E-state index contributed by atoms with van der Waals surface area (Å²) in [6.07, 6.45) is 1.55. The van der Waals surface area contributed by atoms with Crippen molar-refractivity contribution in [2.45, 2.75) is 26.7 Å². The van der Waals surface area contributed by atoms with Gasteiger partial charge in [-0.25, -0.2) is 9.59 Å². The van der Waals surface area contributed by atoms with Crippen LogP contribution in [0.3, 0.4) is 0 Å². The van der Waals surface area contributed by atoms with Crippen molar-refractivity contribution in [3.63, 3.8) is 0 Å². The van der Waals surface area contributed by atoms with Crippen LogP contribution in [0.1, 0.15) is 36.3 Å². The second-order valence-corrected chi connectivity index (χ2v) is 4.28. The Hall–Kier alpha value is -1.63. The van der Waals surface area contributed by atoms with E-state index in [1.165, 1.54) is 7.05 Å². The van der Waals surface area contributed by atoms with E-state index in [-0.39, 0.29) is 6.03 Å². The minimum atomic E-state index is -0.443. The Morgan fingerprint density at radius 3 is 2.67 bits per heavy atom. The summed E-state index contributed by atoms with van der Waals surface area (Å²) in [6, 6.07) is -0.382. The van der Waals surface area contributed by atoms with E-state index in [0.717, 1.165) is 18.0 Å². The third-order valence-corrected chi connectivity index (χ3v) is 2.98. The summed E-state index contributed by atoms with van der Waals surface area (Å²) in [5.74, 6) is -0.443. The summed E-state index contributed by atoms with van der Waals surface area (Å²) in [7, 11) is 1.51. The lowest BCUT2D eigenvalue weighted by Gasteiger charge is -2.06. The topological polar surface area (TPSA) is 80.3 Å². The molecule has 0 fully saturated rings. The molecule has 1 rings (SSSR count). The van der Waals surface area contributed by atoms with Crippen molar-refractivity contribution in [3.05, 3.63) is 11.3 Å². The molecular weight excluding hydrogens is 254 g/mol. The lowest BCUT2D eigenvalue weighted by molar-refractivity contribution is 0.0526. The number of carbonyl (C=O) groups excluding carboxylic acids is 2. The molecule has 0 saturated heterocycles. The predicted molar refractivity (Wildman–Crippen MR) is 70.1 cm³/mol. The van der Waals surface area contributed by atoms with Crippen LogP contribution in [0.2, 0.25) is 0 Å². The van der Waals surface area contributed by atoms with Gasteiger partial charge in [-0.1, -0.05) is 13.3 Å². The molecule has 0 bridgehead atoms. The molecule has 0 aromatic carbocycles. The monoisotopic (exact) mass is 271 g/mol. The lowest BCUT2D eigenvalue weighted by atomic mass is 10.1. The van der Waals surface area contributed by atoms with E-state index in [9.17, 15) is 9.59 Å². The molecule has 100 valence electrons. The van der Waals surface area contributed by atoms with Crippen molar-refractivity contribution in [2.24, 2.45) is 0 Å². The van der Waals surface area contributed by atoms with Gasteiger partial charge in [-0.3, -0.25) is 5.32 Å². The lowest BCUT2D eigenvalue weighted by Crippen LogP contribution is -2.25. The fourth-order valence-electron chi connectivity index (χ4n) is 1.40. The maximum Gasteiger partial charge on any atom is 0.343 e. The predicted octanol–water partition coefficient (Wildman–Crippen LogP) is 2.02. The van der Waals surface area contributed by atoms with Crippen molar-refractivity contribution < 1.29 is 14.3 Å². The zero-order chi connectivity index (χ0) is 13.5. The Labute approximate surface area is 110 Å². The summed E-state index contributed by atoms with van der Waals surface area (Å²) >= 11 is 1.09. The number of hydrogen-bond acceptors (Lipinski definition) is 5. The fraction of sp³-hybridized carbons (Fsp3) is 0.545. The number of carbonyl (C=O) groups is 2. The molecule has 0 saturated carbocycles. The normalized spacial score (nSPS) is 9.94. The number of nitrogens with one attached hydrogen (secondary N) is 2. The molecular formula is C11H17N3O3S. The molecule has 0 aliphatic carbocycles. The number of urea groups is 1. The van der Waals surface area contributed by atoms with Crippen LogP contribution >= 0.6 is 11.5 Å². The second-order valence-electron chi connectivity index (χ2n) is 3.51. The summed E-state index contributed by atoms with van der Waals surface area (Å²) in [4.78, 5) is 23.2. The van der Waals surface area contributed by atoms with Gasteiger partial charge >= 0.3 is 12.0 Å². The van der Waals surface area contributed by atoms with E-state index in [4.69, 9.17) is 4.74 Å². The molecule has 0 spiro atoms. The standard InChI is InChI=1S/C11H17N3O3S/c1-4-6-7-8(10(15)17-5-2)9(18-14-7)13-11(16)12-3/h4-6H2,1-3H3,(H2,12,13,16). The molecule has 0 aliphatic rings. The molecule has 1 aromatic rings. The van der Waals surface area contributed by atoms with Gasteiger partial charge < -0.3 is 10.1 Å². The van der Waals surface area contributed by atoms with Crippen LogP contribution in [0.25, 0.3) is 0 Å². The van der Waals surface area contributed by atoms with Crippen LogP contribution < -0.4 is 10.6 Å². The second kappa shape index (κ2) is 6.95. The molecule has 1 aromatic heterocycles. The fourth-order valence-corrected chi connectivity index (χ4v) is 2.21. The number of anilines is 1. The highest BCUT2D eigenvalue weighted by Gasteiger charge is 2.22. The van der Waals surface area contributed by atoms with Crippen LogP contribution in [0.4, 0.5) is 9.80 Å². The summed E-state index contributed by atoms with van der Waals surface area (Å²) < 4.78 is 9.18. The number of rotatable bonds is 5. The highest BCUT2D eigenvalue weighted by Crippen LogP contribution is 2.26. The zero-order valence-electron chi connectivity index (χ0n) is 10.7. The van der Waals surface area contributed by atoms with Gasteiger partial charge in [0.05, 0.1) is 12.3 Å². The van der Waals surface area contributed by atoms with E-state index in [0.29, 0.717) is 29.3 Å². The Balaban J connectivity index is 3.02. The van der Waals surface area contributed by atoms with Gasteiger partial charge in [0.25, 0.3) is 0 Å². The first-order valence-electron chi connectivity index (χ1n) is 5.78. The number of hydrogen-bond donors (Lipinski definition) is 2. The van der Waals surface area contributed by atoms with Crippen molar-refractivity contribution in [1.29, 1.82) is 0 Å². The summed E-state index contributed by atoms with van der Waals surface area (Å²) in [5, 5.41) is 5.44. The van der Waals surface area contributed by atoms with E-state index >= 15 is 0 Å². The Morgan fingerprint density at radius 1 is 1.39 bits per heavy atom. The van der Waals surface area contributed by atoms with Crippen molar-refractivity contribution >= 4 is 28.5 Å². The molecule has 7 heteroatoms. The Kier molecular flexibility index (Phi) is 5.57. The largest absolute Gasteiger partial charge is 0.462 e. The zero-order valence-corrected chi connectivity index (χ0v) is 11.5. The summed E-state index contributed by atoms with van der Waals surface area (Å²) in [5.41, 5.74) is 1.04. The molecule has 2 N–H and O–H groups in total. The van der Waals surface area contributed by atoms with Gasteiger partial charge in [-0.15, -0.1) is 0 Å². The van der Waals surface area contributed by atoms with E-state index in [1.807, 2.05) is 6.92 Å². The van der Waals surface area contributed by atoms with E-state index in [2.05, 4.69) is 15.0 Å². The van der Waals surface area contributed by atoms with Crippen LogP contribution in [0, 0.1) is 0 Å². The van der Waals surface area contributed by atoms with Gasteiger partial charge in [-0.05, 0) is 24.9 Å². The van der Waals surface area contributed by atoms with Crippen LogP contribution in [0.15, 0.2) is 0 Å². The maximum absolute atomic E-state index is 11.9. The number of aryl methyl sites for hydroxylation is 1. The number of esters is 1. The maximum atomic E-state index is 11.9. The van der Waals surface area contributed by atoms with Crippen LogP contribution in [0.5, 0.6) is 0 Å². The number of ether oxygens (including phenoxy) is 1. The average molecular weight is 271 g/mol. The summed E-state index contributed by atoms with van der Waals surface area (Å²) in [6.45, 7) is 4.03. The first-order chi connectivity index (χ1) is 8.63. The number of amides is 2. The highest BCUT2D eigenvalue weighted by atomic mass is 32.1. The van der Waals surface area contributed by atoms with Crippen molar-refractivity contribution in [1.82, 2.24) is 9.69 Å². The Morgan fingerprint density at radius 2 is 2.11 bits per heavy atom. The van der Waals surface area contributed by atoms with Crippen molar-refractivity contribution in [3.8, 4) is 0 Å². The minimum absolute atomic E-state index is 0.291. The van der Waals surface area contributed by atoms with E-state index in [1.54, 1.807) is 6.92 Å². The highest BCUT2D eigenvalue weighted by molar-refractivity contribution is 7.11. The molecule has 0 radical (unpaired) electrons. The quantitative estimate of drug-likeness (QED) is 0.803. The van der Waals surface area contributed by atoms with Gasteiger partial charge in [0.1, 0.15) is 10.6 Å². The SMILES string of the molecule is CCCc1nsc(NC(=O)NC)c1C(=O)OCC. The van der Waals surface area contributed by atoms with Gasteiger partial charge in [0.2, 0.25) is 0 Å². The minimum Gasteiger partial charge on any atom is -0.462 e. The first-order valence-corrected chi connectivity index (χ1v) is 6.55. The smallest absolute Gasteiger partial charge is 0.343 e. The molecule has 0 unspecified atom stereocenters. The number of aromatic nitrogens is 1.